The molecule has 0 unspecified atom stereocenters. The number of nitrogens with one attached hydrogen (secondary N) is 2. The summed E-state index contributed by atoms with van der Waals surface area (Å²) in [5.74, 6) is 0.280. The zero-order chi connectivity index (χ0) is 13.8. The summed E-state index contributed by atoms with van der Waals surface area (Å²) in [6.07, 6.45) is 1.63. The normalized spacial score (nSPS) is 10.4. The standard InChI is InChI=1S/C14H12N4O2/c19-14(15-9-11-6-7-16-17-11)12-8-13(20-18-12)10-4-2-1-3-5-10/h1-8H,9H2,(H,15,19)(H,16,17). The summed E-state index contributed by atoms with van der Waals surface area (Å²) in [5, 5.41) is 13.1. The van der Waals surface area contributed by atoms with Crippen LogP contribution in [0.1, 0.15) is 16.2 Å². The predicted molar refractivity (Wildman–Crippen MR) is 71.7 cm³/mol. The number of benzene rings is 1. The van der Waals surface area contributed by atoms with Crippen LogP contribution in [0, 0.1) is 0 Å². The van der Waals surface area contributed by atoms with Crippen LogP contribution in [-0.4, -0.2) is 21.3 Å². The minimum atomic E-state index is -0.287. The molecule has 2 aromatic heterocycles. The maximum atomic E-state index is 11.9. The summed E-state index contributed by atoms with van der Waals surface area (Å²) >= 11 is 0. The van der Waals surface area contributed by atoms with Gasteiger partial charge in [-0.05, 0) is 6.07 Å². The number of hydrogen-bond donors (Lipinski definition) is 2. The molecule has 0 spiro atoms. The second kappa shape index (κ2) is 5.40. The van der Waals surface area contributed by atoms with Crippen molar-refractivity contribution in [1.29, 1.82) is 0 Å². The average Bonchev–Trinajstić information content (AvgIpc) is 3.17. The van der Waals surface area contributed by atoms with Crippen molar-refractivity contribution >= 4 is 5.91 Å². The molecule has 20 heavy (non-hydrogen) atoms. The molecule has 0 aliphatic carbocycles. The van der Waals surface area contributed by atoms with E-state index in [0.29, 0.717) is 12.3 Å². The molecule has 0 radical (unpaired) electrons. The van der Waals surface area contributed by atoms with Gasteiger partial charge in [0.2, 0.25) is 0 Å². The number of carbonyl (C=O) groups excluding carboxylic acids is 1. The third-order valence-corrected chi connectivity index (χ3v) is 2.80. The number of aromatic amines is 1. The number of carbonyl (C=O) groups is 1. The fourth-order valence-electron chi connectivity index (χ4n) is 1.77. The van der Waals surface area contributed by atoms with Crippen LogP contribution in [0.15, 0.2) is 53.2 Å². The van der Waals surface area contributed by atoms with Gasteiger partial charge in [-0.3, -0.25) is 9.89 Å². The molecule has 100 valence electrons. The van der Waals surface area contributed by atoms with Crippen LogP contribution in [-0.2, 0) is 6.54 Å². The fourth-order valence-corrected chi connectivity index (χ4v) is 1.77. The average molecular weight is 268 g/mol. The van der Waals surface area contributed by atoms with E-state index >= 15 is 0 Å². The molecular weight excluding hydrogens is 256 g/mol. The molecule has 0 bridgehead atoms. The van der Waals surface area contributed by atoms with Crippen molar-refractivity contribution in [1.82, 2.24) is 20.7 Å². The Morgan fingerprint density at radius 2 is 2.10 bits per heavy atom. The fraction of sp³-hybridized carbons (Fsp3) is 0.0714. The highest BCUT2D eigenvalue weighted by Crippen LogP contribution is 2.19. The number of H-pyrrole nitrogens is 1. The van der Waals surface area contributed by atoms with Gasteiger partial charge < -0.3 is 9.84 Å². The highest BCUT2D eigenvalue weighted by Gasteiger charge is 2.13. The van der Waals surface area contributed by atoms with E-state index in [1.165, 1.54) is 0 Å². The van der Waals surface area contributed by atoms with Gasteiger partial charge >= 0.3 is 0 Å². The van der Waals surface area contributed by atoms with Gasteiger partial charge in [-0.25, -0.2) is 0 Å². The van der Waals surface area contributed by atoms with E-state index in [-0.39, 0.29) is 11.6 Å². The van der Waals surface area contributed by atoms with Gasteiger partial charge in [0.05, 0.1) is 12.2 Å². The monoisotopic (exact) mass is 268 g/mol. The van der Waals surface area contributed by atoms with Crippen molar-refractivity contribution in [3.63, 3.8) is 0 Å². The first-order chi connectivity index (χ1) is 9.83. The molecular formula is C14H12N4O2. The first kappa shape index (κ1) is 12.2. The molecule has 0 aliphatic heterocycles. The second-order valence-electron chi connectivity index (χ2n) is 4.21. The summed E-state index contributed by atoms with van der Waals surface area (Å²) < 4.78 is 5.18. The molecule has 6 heteroatoms. The van der Waals surface area contributed by atoms with E-state index < -0.39 is 0 Å². The number of rotatable bonds is 4. The maximum Gasteiger partial charge on any atom is 0.273 e. The van der Waals surface area contributed by atoms with E-state index in [0.717, 1.165) is 11.3 Å². The summed E-state index contributed by atoms with van der Waals surface area (Å²) in [6, 6.07) is 12.9. The molecule has 3 aromatic rings. The van der Waals surface area contributed by atoms with Crippen molar-refractivity contribution in [3.8, 4) is 11.3 Å². The van der Waals surface area contributed by atoms with E-state index in [2.05, 4.69) is 20.7 Å². The van der Waals surface area contributed by atoms with Crippen molar-refractivity contribution < 1.29 is 9.32 Å². The Hall–Kier alpha value is -2.89. The number of nitrogens with zero attached hydrogens (tertiary/aromatic N) is 2. The molecule has 1 aromatic carbocycles. The maximum absolute atomic E-state index is 11.9. The van der Waals surface area contributed by atoms with Crippen LogP contribution < -0.4 is 5.32 Å². The van der Waals surface area contributed by atoms with Crippen LogP contribution in [0.2, 0.25) is 0 Å². The lowest BCUT2D eigenvalue weighted by atomic mass is 10.1. The SMILES string of the molecule is O=C(NCc1ccn[nH]1)c1cc(-c2ccccc2)on1. The first-order valence-electron chi connectivity index (χ1n) is 6.11. The third-order valence-electron chi connectivity index (χ3n) is 2.80. The van der Waals surface area contributed by atoms with Gasteiger partial charge in [0, 0.05) is 17.8 Å². The van der Waals surface area contributed by atoms with Gasteiger partial charge in [-0.2, -0.15) is 5.10 Å². The second-order valence-corrected chi connectivity index (χ2v) is 4.21. The van der Waals surface area contributed by atoms with Crippen LogP contribution >= 0.6 is 0 Å². The van der Waals surface area contributed by atoms with Gasteiger partial charge in [-0.1, -0.05) is 35.5 Å². The Morgan fingerprint density at radius 1 is 1.25 bits per heavy atom. The predicted octanol–water partition coefficient (Wildman–Crippen LogP) is 1.99. The van der Waals surface area contributed by atoms with Crippen LogP contribution in [0.5, 0.6) is 0 Å². The highest BCUT2D eigenvalue weighted by atomic mass is 16.5. The van der Waals surface area contributed by atoms with Crippen molar-refractivity contribution in [2.24, 2.45) is 0 Å². The summed E-state index contributed by atoms with van der Waals surface area (Å²) in [6.45, 7) is 0.367. The van der Waals surface area contributed by atoms with Crippen molar-refractivity contribution in [3.05, 3.63) is 60.0 Å². The Balaban J connectivity index is 1.69. The molecule has 0 atom stereocenters. The van der Waals surface area contributed by atoms with E-state index in [9.17, 15) is 4.79 Å². The number of aromatic nitrogens is 3. The molecule has 0 aliphatic rings. The zero-order valence-corrected chi connectivity index (χ0v) is 10.5. The largest absolute Gasteiger partial charge is 0.355 e. The highest BCUT2D eigenvalue weighted by molar-refractivity contribution is 5.92. The smallest absolute Gasteiger partial charge is 0.273 e. The lowest BCUT2D eigenvalue weighted by molar-refractivity contribution is 0.0941. The van der Waals surface area contributed by atoms with E-state index in [4.69, 9.17) is 4.52 Å². The Kier molecular flexibility index (Phi) is 3.28. The minimum absolute atomic E-state index is 0.253. The van der Waals surface area contributed by atoms with Gasteiger partial charge in [-0.15, -0.1) is 0 Å². The number of amides is 1. The Labute approximate surface area is 114 Å². The van der Waals surface area contributed by atoms with Crippen LogP contribution in [0.25, 0.3) is 11.3 Å². The van der Waals surface area contributed by atoms with Gasteiger partial charge in [0.25, 0.3) is 5.91 Å². The Bertz CT molecular complexity index is 689. The topological polar surface area (TPSA) is 83.8 Å². The minimum Gasteiger partial charge on any atom is -0.355 e. The zero-order valence-electron chi connectivity index (χ0n) is 10.5. The third kappa shape index (κ3) is 2.59. The van der Waals surface area contributed by atoms with Crippen LogP contribution in [0.4, 0.5) is 0 Å². The van der Waals surface area contributed by atoms with Crippen LogP contribution in [0.3, 0.4) is 0 Å². The first-order valence-corrected chi connectivity index (χ1v) is 6.11. The molecule has 2 N–H and O–H groups in total. The summed E-state index contributed by atoms with van der Waals surface area (Å²) in [5.41, 5.74) is 1.96. The van der Waals surface area contributed by atoms with E-state index in [1.54, 1.807) is 18.3 Å². The van der Waals surface area contributed by atoms with Crippen molar-refractivity contribution in [2.45, 2.75) is 6.54 Å². The molecule has 6 nitrogen and oxygen atoms in total. The molecule has 2 heterocycles. The van der Waals surface area contributed by atoms with Gasteiger partial charge in [0.1, 0.15) is 0 Å². The van der Waals surface area contributed by atoms with E-state index in [1.807, 2.05) is 30.3 Å². The molecule has 0 saturated carbocycles. The summed E-state index contributed by atoms with van der Waals surface area (Å²) in [7, 11) is 0. The molecule has 0 fully saturated rings. The van der Waals surface area contributed by atoms with Crippen molar-refractivity contribution in [2.75, 3.05) is 0 Å². The molecule has 3 rings (SSSR count). The number of hydrogen-bond acceptors (Lipinski definition) is 4. The van der Waals surface area contributed by atoms with Gasteiger partial charge in [0.15, 0.2) is 11.5 Å². The Morgan fingerprint density at radius 3 is 2.85 bits per heavy atom. The lowest BCUT2D eigenvalue weighted by Crippen LogP contribution is -2.23. The lowest BCUT2D eigenvalue weighted by Gasteiger charge is -1.99. The molecule has 1 amide bonds. The summed E-state index contributed by atoms with van der Waals surface area (Å²) in [4.78, 5) is 11.9. The quantitative estimate of drug-likeness (QED) is 0.758. The molecule has 0 saturated heterocycles.